The van der Waals surface area contributed by atoms with Crippen molar-refractivity contribution in [2.75, 3.05) is 11.5 Å². The van der Waals surface area contributed by atoms with Gasteiger partial charge in [-0.05, 0) is 0 Å². The molecule has 18 heavy (non-hydrogen) atoms. The Kier molecular flexibility index (Phi) is 2.27. The number of aromatic amines is 1. The van der Waals surface area contributed by atoms with Crippen molar-refractivity contribution in [2.45, 2.75) is 6.54 Å². The van der Waals surface area contributed by atoms with Gasteiger partial charge in [-0.15, -0.1) is 11.3 Å². The fraction of sp³-hybridized carbons (Fsp3) is 0.111. The number of fused-ring (bicyclic) bond motifs is 1. The van der Waals surface area contributed by atoms with E-state index in [1.165, 1.54) is 11.3 Å². The normalized spacial score (nSPS) is 11.1. The molecule has 5 N–H and O–H groups in total. The van der Waals surface area contributed by atoms with Crippen LogP contribution in [0, 0.1) is 0 Å². The van der Waals surface area contributed by atoms with Crippen LogP contribution < -0.4 is 17.0 Å². The molecule has 0 fully saturated rings. The molecule has 0 unspecified atom stereocenters. The molecule has 0 saturated carbocycles. The molecule has 3 heterocycles. The lowest BCUT2D eigenvalue weighted by molar-refractivity contribution is 0.806. The predicted octanol–water partition coefficient (Wildman–Crippen LogP) is -0.211. The highest BCUT2D eigenvalue weighted by Crippen LogP contribution is 2.15. The van der Waals surface area contributed by atoms with Crippen LogP contribution in [0.3, 0.4) is 0 Å². The number of H-pyrrole nitrogens is 1. The highest BCUT2D eigenvalue weighted by Gasteiger charge is 2.14. The molecule has 8 nitrogen and oxygen atoms in total. The lowest BCUT2D eigenvalue weighted by Crippen LogP contribution is -2.12. The minimum atomic E-state index is -0.402. The molecule has 9 heteroatoms. The van der Waals surface area contributed by atoms with E-state index in [4.69, 9.17) is 11.5 Å². The van der Waals surface area contributed by atoms with Crippen LogP contribution in [0.5, 0.6) is 0 Å². The Balaban J connectivity index is 2.22. The van der Waals surface area contributed by atoms with E-state index in [0.717, 1.165) is 5.69 Å². The summed E-state index contributed by atoms with van der Waals surface area (Å²) in [5.41, 5.74) is 14.0. The largest absolute Gasteiger partial charge is 0.369 e. The lowest BCUT2D eigenvalue weighted by atomic mass is 10.4. The maximum absolute atomic E-state index is 11.6. The van der Waals surface area contributed by atoms with Crippen molar-refractivity contribution >= 4 is 34.4 Å². The van der Waals surface area contributed by atoms with E-state index in [0.29, 0.717) is 12.2 Å². The van der Waals surface area contributed by atoms with Crippen molar-refractivity contribution in [1.29, 1.82) is 0 Å². The number of thiazole rings is 1. The zero-order chi connectivity index (χ0) is 12.7. The van der Waals surface area contributed by atoms with Gasteiger partial charge in [0.2, 0.25) is 11.9 Å². The molecule has 0 aliphatic heterocycles. The highest BCUT2D eigenvalue weighted by molar-refractivity contribution is 7.07. The van der Waals surface area contributed by atoms with Crippen LogP contribution in [0.1, 0.15) is 5.69 Å². The van der Waals surface area contributed by atoms with Gasteiger partial charge in [0, 0.05) is 5.38 Å². The molecular weight excluding hydrogens is 254 g/mol. The Morgan fingerprint density at radius 3 is 2.94 bits per heavy atom. The fourth-order valence-corrected chi connectivity index (χ4v) is 2.23. The summed E-state index contributed by atoms with van der Waals surface area (Å²) < 4.78 is 1.61. The summed E-state index contributed by atoms with van der Waals surface area (Å²) in [5, 5.41) is 1.89. The number of nitrogen functional groups attached to an aromatic ring is 2. The van der Waals surface area contributed by atoms with Gasteiger partial charge < -0.3 is 11.5 Å². The number of rotatable bonds is 2. The summed E-state index contributed by atoms with van der Waals surface area (Å²) in [7, 11) is 0. The van der Waals surface area contributed by atoms with Crippen LogP contribution in [-0.4, -0.2) is 24.5 Å². The summed E-state index contributed by atoms with van der Waals surface area (Å²) >= 11 is 1.48. The molecule has 0 radical (unpaired) electrons. The van der Waals surface area contributed by atoms with Gasteiger partial charge in [-0.1, -0.05) is 0 Å². The average Bonchev–Trinajstić information content (AvgIpc) is 2.91. The van der Waals surface area contributed by atoms with Crippen LogP contribution >= 0.6 is 11.3 Å². The molecule has 0 aliphatic carbocycles. The van der Waals surface area contributed by atoms with Crippen molar-refractivity contribution in [1.82, 2.24) is 24.5 Å². The minimum Gasteiger partial charge on any atom is -0.369 e. The molecule has 0 aromatic carbocycles. The summed E-state index contributed by atoms with van der Waals surface area (Å²) in [5.74, 6) is 0.244. The van der Waals surface area contributed by atoms with Crippen molar-refractivity contribution in [3.05, 3.63) is 26.9 Å². The van der Waals surface area contributed by atoms with E-state index in [-0.39, 0.29) is 17.4 Å². The number of anilines is 2. The highest BCUT2D eigenvalue weighted by atomic mass is 32.1. The summed E-state index contributed by atoms with van der Waals surface area (Å²) in [6.07, 6.45) is 0. The Morgan fingerprint density at radius 1 is 1.39 bits per heavy atom. The van der Waals surface area contributed by atoms with E-state index in [9.17, 15) is 4.79 Å². The number of nitrogens with two attached hydrogens (primary N) is 2. The van der Waals surface area contributed by atoms with E-state index < -0.39 is 5.56 Å². The summed E-state index contributed by atoms with van der Waals surface area (Å²) in [6, 6.07) is 0. The van der Waals surface area contributed by atoms with Gasteiger partial charge in [0.15, 0.2) is 11.2 Å². The van der Waals surface area contributed by atoms with Gasteiger partial charge in [-0.25, -0.2) is 9.97 Å². The Labute approximate surface area is 104 Å². The first-order chi connectivity index (χ1) is 8.65. The van der Waals surface area contributed by atoms with Gasteiger partial charge >= 0.3 is 0 Å². The van der Waals surface area contributed by atoms with Gasteiger partial charge in [0.25, 0.3) is 5.56 Å². The second-order valence-corrected chi connectivity index (χ2v) is 4.38. The van der Waals surface area contributed by atoms with Crippen molar-refractivity contribution in [3.63, 3.8) is 0 Å². The Hall–Kier alpha value is -2.42. The van der Waals surface area contributed by atoms with Crippen LogP contribution in [0.4, 0.5) is 11.9 Å². The smallest absolute Gasteiger partial charge is 0.280 e. The lowest BCUT2D eigenvalue weighted by Gasteiger charge is -2.03. The third kappa shape index (κ3) is 1.61. The van der Waals surface area contributed by atoms with E-state index in [1.807, 2.05) is 5.38 Å². The topological polar surface area (TPSA) is 128 Å². The van der Waals surface area contributed by atoms with Crippen LogP contribution in [0.15, 0.2) is 15.7 Å². The van der Waals surface area contributed by atoms with Gasteiger partial charge in [0.05, 0.1) is 17.7 Å². The third-order valence-corrected chi connectivity index (χ3v) is 3.09. The SMILES string of the molecule is Nc1nc2c(nc(N)n2Cc2cscn2)c(=O)[nH]1. The second-order valence-electron chi connectivity index (χ2n) is 3.66. The number of nitrogens with one attached hydrogen (secondary N) is 1. The fourth-order valence-electron chi connectivity index (χ4n) is 1.68. The molecule has 0 spiro atoms. The van der Waals surface area contributed by atoms with E-state index in [1.54, 1.807) is 10.1 Å². The molecule has 3 aromatic heterocycles. The molecule has 0 aliphatic rings. The molecule has 0 bridgehead atoms. The predicted molar refractivity (Wildman–Crippen MR) is 68.2 cm³/mol. The van der Waals surface area contributed by atoms with Crippen LogP contribution in [-0.2, 0) is 6.54 Å². The second kappa shape index (κ2) is 3.81. The number of hydrogen-bond donors (Lipinski definition) is 3. The van der Waals surface area contributed by atoms with E-state index >= 15 is 0 Å². The maximum atomic E-state index is 11.6. The third-order valence-electron chi connectivity index (χ3n) is 2.46. The minimum absolute atomic E-state index is 0.0342. The van der Waals surface area contributed by atoms with Crippen molar-refractivity contribution in [2.24, 2.45) is 0 Å². The molecule has 92 valence electrons. The molecule has 3 aromatic rings. The Bertz CT molecular complexity index is 757. The summed E-state index contributed by atoms with van der Waals surface area (Å²) in [4.78, 5) is 26.2. The number of aromatic nitrogens is 5. The number of imidazole rings is 1. The standard InChI is InChI=1S/C9H9N7OS/c10-8-14-6-5(7(17)15-8)13-9(11)16(6)1-4-2-18-3-12-4/h2-3H,1H2,(H2,11,13)(H3,10,14,15,17). The number of nitrogens with zero attached hydrogens (tertiary/aromatic N) is 4. The van der Waals surface area contributed by atoms with Gasteiger partial charge in [-0.3, -0.25) is 14.3 Å². The zero-order valence-electron chi connectivity index (χ0n) is 9.12. The van der Waals surface area contributed by atoms with Crippen molar-refractivity contribution < 1.29 is 0 Å². The monoisotopic (exact) mass is 263 g/mol. The molecule has 3 rings (SSSR count). The summed E-state index contributed by atoms with van der Waals surface area (Å²) in [6.45, 7) is 0.404. The maximum Gasteiger partial charge on any atom is 0.280 e. The van der Waals surface area contributed by atoms with Crippen LogP contribution in [0.25, 0.3) is 11.2 Å². The zero-order valence-corrected chi connectivity index (χ0v) is 9.94. The molecular formula is C9H9N7OS. The Morgan fingerprint density at radius 2 is 2.22 bits per heavy atom. The first-order valence-corrected chi connectivity index (χ1v) is 5.98. The molecule has 0 amide bonds. The first-order valence-electron chi connectivity index (χ1n) is 5.03. The molecule has 0 saturated heterocycles. The number of hydrogen-bond acceptors (Lipinski definition) is 7. The van der Waals surface area contributed by atoms with E-state index in [2.05, 4.69) is 19.9 Å². The van der Waals surface area contributed by atoms with Gasteiger partial charge in [0.1, 0.15) is 0 Å². The molecule has 0 atom stereocenters. The van der Waals surface area contributed by atoms with Crippen LogP contribution in [0.2, 0.25) is 0 Å². The van der Waals surface area contributed by atoms with Crippen molar-refractivity contribution in [3.8, 4) is 0 Å². The first kappa shape index (κ1) is 10.7. The van der Waals surface area contributed by atoms with Gasteiger partial charge in [-0.2, -0.15) is 4.98 Å². The quantitative estimate of drug-likeness (QED) is 0.586. The average molecular weight is 263 g/mol.